The summed E-state index contributed by atoms with van der Waals surface area (Å²) in [6, 6.07) is 0. The fraction of sp³-hybridized carbons (Fsp3) is 1.00. The van der Waals surface area contributed by atoms with Crippen LogP contribution < -0.4 is 0 Å². The zero-order valence-electron chi connectivity index (χ0n) is 8.03. The summed E-state index contributed by atoms with van der Waals surface area (Å²) in [4.78, 5) is 4.89. The summed E-state index contributed by atoms with van der Waals surface area (Å²) in [5.41, 5.74) is 7.99. The smallest absolute Gasteiger partial charge is 0.0257 e. The molecule has 0 aromatic heterocycles. The maximum Gasteiger partial charge on any atom is 0.0257 e. The highest BCUT2D eigenvalue weighted by molar-refractivity contribution is 4.50. The predicted octanol–water partition coefficient (Wildman–Crippen LogP) is 2.42. The highest BCUT2D eigenvalue weighted by Crippen LogP contribution is 2.00. The summed E-state index contributed by atoms with van der Waals surface area (Å²) in [5, 5.41) is 3.47. The van der Waals surface area contributed by atoms with E-state index in [1.807, 2.05) is 0 Å². The summed E-state index contributed by atoms with van der Waals surface area (Å²) < 4.78 is 0. The molecule has 0 amide bonds. The Hall–Kier alpha value is -0.730. The van der Waals surface area contributed by atoms with E-state index in [0.717, 1.165) is 13.0 Å². The third kappa shape index (κ3) is 9.27. The number of nitrogens with zero attached hydrogens (tertiary/aromatic N) is 4. The van der Waals surface area contributed by atoms with Gasteiger partial charge in [-0.15, -0.1) is 0 Å². The number of azide groups is 1. The molecule has 0 heterocycles. The topological polar surface area (TPSA) is 52.0 Å². The Morgan fingerprint density at radius 3 is 2.42 bits per heavy atom. The van der Waals surface area contributed by atoms with Crippen molar-refractivity contribution < 1.29 is 0 Å². The van der Waals surface area contributed by atoms with Crippen LogP contribution in [0.4, 0.5) is 0 Å². The zero-order valence-corrected chi connectivity index (χ0v) is 8.03. The van der Waals surface area contributed by atoms with Crippen LogP contribution in [0.1, 0.15) is 25.7 Å². The summed E-state index contributed by atoms with van der Waals surface area (Å²) in [6.45, 7) is 1.81. The first kappa shape index (κ1) is 11.3. The Kier molecular flexibility index (Phi) is 7.86. The van der Waals surface area contributed by atoms with Gasteiger partial charge in [-0.1, -0.05) is 18.0 Å². The van der Waals surface area contributed by atoms with Gasteiger partial charge in [-0.05, 0) is 39.0 Å². The van der Waals surface area contributed by atoms with E-state index in [1.165, 1.54) is 19.3 Å². The number of unbranched alkanes of at least 4 members (excludes halogenated alkanes) is 3. The molecule has 0 aliphatic heterocycles. The van der Waals surface area contributed by atoms with Crippen LogP contribution in [-0.2, 0) is 0 Å². The summed E-state index contributed by atoms with van der Waals surface area (Å²) in [5.74, 6) is 0. The highest BCUT2D eigenvalue weighted by Gasteiger charge is 1.90. The van der Waals surface area contributed by atoms with Gasteiger partial charge in [0.05, 0.1) is 0 Å². The minimum absolute atomic E-state index is 0.651. The van der Waals surface area contributed by atoms with Crippen molar-refractivity contribution in [2.45, 2.75) is 25.7 Å². The molecule has 0 rings (SSSR count). The van der Waals surface area contributed by atoms with Crippen LogP contribution in [0.5, 0.6) is 0 Å². The lowest BCUT2D eigenvalue weighted by Crippen LogP contribution is -2.12. The zero-order chi connectivity index (χ0) is 9.23. The SMILES string of the molecule is CN(C)CCCCCCN=[N+]=[N-]. The van der Waals surface area contributed by atoms with E-state index in [0.29, 0.717) is 6.54 Å². The fourth-order valence-electron chi connectivity index (χ4n) is 1.01. The number of hydrogen-bond donors (Lipinski definition) is 0. The predicted molar refractivity (Wildman–Crippen MR) is 51.0 cm³/mol. The molecule has 0 unspecified atom stereocenters. The molecule has 0 bridgehead atoms. The molecule has 0 spiro atoms. The largest absolute Gasteiger partial charge is 0.309 e. The third-order valence-electron chi connectivity index (χ3n) is 1.68. The van der Waals surface area contributed by atoms with Crippen molar-refractivity contribution >= 4 is 0 Å². The molecule has 0 fully saturated rings. The molecule has 4 nitrogen and oxygen atoms in total. The van der Waals surface area contributed by atoms with E-state index in [-0.39, 0.29) is 0 Å². The van der Waals surface area contributed by atoms with Gasteiger partial charge in [0, 0.05) is 11.5 Å². The first-order chi connectivity index (χ1) is 5.77. The van der Waals surface area contributed by atoms with Gasteiger partial charge >= 0.3 is 0 Å². The molecule has 0 radical (unpaired) electrons. The Morgan fingerprint density at radius 1 is 1.17 bits per heavy atom. The second-order valence-corrected chi connectivity index (χ2v) is 3.17. The molecular formula is C8H18N4. The molecule has 0 aliphatic rings. The molecule has 0 aromatic rings. The first-order valence-electron chi connectivity index (χ1n) is 4.43. The lowest BCUT2D eigenvalue weighted by atomic mass is 10.2. The molecule has 0 saturated heterocycles. The van der Waals surface area contributed by atoms with Crippen LogP contribution in [0.2, 0.25) is 0 Å². The lowest BCUT2D eigenvalue weighted by Gasteiger charge is -2.07. The van der Waals surface area contributed by atoms with Crippen molar-refractivity contribution in [2.75, 3.05) is 27.2 Å². The van der Waals surface area contributed by atoms with E-state index in [2.05, 4.69) is 29.0 Å². The fourth-order valence-corrected chi connectivity index (χ4v) is 1.01. The van der Waals surface area contributed by atoms with Crippen LogP contribution in [-0.4, -0.2) is 32.1 Å². The van der Waals surface area contributed by atoms with Crippen molar-refractivity contribution in [1.82, 2.24) is 4.90 Å². The van der Waals surface area contributed by atoms with E-state index < -0.39 is 0 Å². The highest BCUT2D eigenvalue weighted by atomic mass is 15.1. The van der Waals surface area contributed by atoms with Gasteiger partial charge in [0.15, 0.2) is 0 Å². The molecule has 0 N–H and O–H groups in total. The van der Waals surface area contributed by atoms with Gasteiger partial charge in [-0.25, -0.2) is 0 Å². The molecule has 0 atom stereocenters. The number of hydrogen-bond acceptors (Lipinski definition) is 2. The van der Waals surface area contributed by atoms with E-state index in [4.69, 9.17) is 5.53 Å². The molecule has 0 aromatic carbocycles. The van der Waals surface area contributed by atoms with Crippen molar-refractivity contribution in [3.63, 3.8) is 0 Å². The van der Waals surface area contributed by atoms with E-state index in [9.17, 15) is 0 Å². The molecule has 0 saturated carbocycles. The number of rotatable bonds is 7. The van der Waals surface area contributed by atoms with Gasteiger partial charge in [0.1, 0.15) is 0 Å². The van der Waals surface area contributed by atoms with Gasteiger partial charge in [-0.3, -0.25) is 0 Å². The maximum atomic E-state index is 7.99. The van der Waals surface area contributed by atoms with Crippen molar-refractivity contribution in [3.05, 3.63) is 10.4 Å². The van der Waals surface area contributed by atoms with Crippen molar-refractivity contribution in [2.24, 2.45) is 5.11 Å². The minimum Gasteiger partial charge on any atom is -0.309 e. The third-order valence-corrected chi connectivity index (χ3v) is 1.68. The monoisotopic (exact) mass is 170 g/mol. The van der Waals surface area contributed by atoms with Crippen molar-refractivity contribution in [3.8, 4) is 0 Å². The lowest BCUT2D eigenvalue weighted by molar-refractivity contribution is 0.390. The summed E-state index contributed by atoms with van der Waals surface area (Å²) in [7, 11) is 4.17. The Bertz CT molecular complexity index is 138. The van der Waals surface area contributed by atoms with Crippen molar-refractivity contribution in [1.29, 1.82) is 0 Å². The molecule has 4 heteroatoms. The first-order valence-corrected chi connectivity index (χ1v) is 4.43. The molecule has 12 heavy (non-hydrogen) atoms. The minimum atomic E-state index is 0.651. The van der Waals surface area contributed by atoms with Crippen LogP contribution in [0.25, 0.3) is 10.4 Å². The standard InChI is InChI=1S/C8H18N4/c1-12(2)8-6-4-3-5-7-10-11-9/h3-8H2,1-2H3. The van der Waals surface area contributed by atoms with E-state index in [1.54, 1.807) is 0 Å². The second kappa shape index (κ2) is 8.37. The summed E-state index contributed by atoms with van der Waals surface area (Å²) in [6.07, 6.45) is 4.67. The van der Waals surface area contributed by atoms with Gasteiger partial charge in [0.25, 0.3) is 0 Å². The Balaban J connectivity index is 2.95. The average molecular weight is 170 g/mol. The van der Waals surface area contributed by atoms with E-state index >= 15 is 0 Å². The van der Waals surface area contributed by atoms with Gasteiger partial charge in [0.2, 0.25) is 0 Å². The van der Waals surface area contributed by atoms with Gasteiger partial charge in [-0.2, -0.15) is 0 Å². The van der Waals surface area contributed by atoms with Crippen LogP contribution in [0.3, 0.4) is 0 Å². The van der Waals surface area contributed by atoms with Gasteiger partial charge < -0.3 is 4.90 Å². The second-order valence-electron chi connectivity index (χ2n) is 3.17. The average Bonchev–Trinajstić information content (AvgIpc) is 2.02. The quantitative estimate of drug-likeness (QED) is 0.250. The van der Waals surface area contributed by atoms with Crippen LogP contribution in [0.15, 0.2) is 5.11 Å². The Labute approximate surface area is 74.2 Å². The maximum absolute atomic E-state index is 7.99. The molecule has 70 valence electrons. The Morgan fingerprint density at radius 2 is 1.83 bits per heavy atom. The summed E-state index contributed by atoms with van der Waals surface area (Å²) >= 11 is 0. The van der Waals surface area contributed by atoms with Crippen LogP contribution >= 0.6 is 0 Å². The van der Waals surface area contributed by atoms with Crippen LogP contribution in [0, 0.1) is 0 Å². The molecule has 0 aliphatic carbocycles. The molecular weight excluding hydrogens is 152 g/mol. The normalized spacial score (nSPS) is 9.92.